The minimum Gasteiger partial charge on any atom is -0.478 e. The molecule has 0 bridgehead atoms. The lowest BCUT2D eigenvalue weighted by atomic mass is 10.2. The largest absolute Gasteiger partial charge is 0.478 e. The van der Waals surface area contributed by atoms with Crippen LogP contribution in [0.15, 0.2) is 23.7 Å². The Morgan fingerprint density at radius 3 is 2.81 bits per heavy atom. The molecule has 2 rings (SSSR count). The van der Waals surface area contributed by atoms with Gasteiger partial charge < -0.3 is 10.0 Å². The number of thiophene rings is 1. The summed E-state index contributed by atoms with van der Waals surface area (Å²) in [7, 11) is 1.58. The molecule has 21 heavy (non-hydrogen) atoms. The number of carbonyl (C=O) groups excluding carboxylic acids is 1. The van der Waals surface area contributed by atoms with Crippen LogP contribution in [0.1, 0.15) is 32.6 Å². The third-order valence-electron chi connectivity index (χ3n) is 3.25. The fraction of sp³-hybridized carbons (Fsp3) is 0.357. The van der Waals surface area contributed by atoms with Gasteiger partial charge in [-0.2, -0.15) is 5.10 Å². The molecule has 0 fully saturated rings. The van der Waals surface area contributed by atoms with Crippen molar-refractivity contribution in [3.63, 3.8) is 0 Å². The Kier molecular flexibility index (Phi) is 4.74. The molecule has 0 radical (unpaired) electrons. The summed E-state index contributed by atoms with van der Waals surface area (Å²) >= 11 is 1.65. The lowest BCUT2D eigenvalue weighted by Gasteiger charge is -2.21. The third kappa shape index (κ3) is 3.30. The highest BCUT2D eigenvalue weighted by Crippen LogP contribution is 2.14. The number of rotatable bonds is 6. The first-order valence-electron chi connectivity index (χ1n) is 6.61. The van der Waals surface area contributed by atoms with Crippen LogP contribution in [-0.4, -0.2) is 44.8 Å². The Morgan fingerprint density at radius 2 is 2.24 bits per heavy atom. The van der Waals surface area contributed by atoms with Crippen molar-refractivity contribution in [3.05, 3.63) is 39.8 Å². The SMILES string of the molecule is CCN(CCc1cccs1)C(=O)c1c(C(=O)O)cnn1C. The molecule has 0 aliphatic rings. The van der Waals surface area contributed by atoms with E-state index in [0.29, 0.717) is 13.1 Å². The quantitative estimate of drug-likeness (QED) is 0.884. The zero-order chi connectivity index (χ0) is 15.4. The number of carboxylic acids is 1. The van der Waals surface area contributed by atoms with Crippen molar-refractivity contribution in [1.82, 2.24) is 14.7 Å². The van der Waals surface area contributed by atoms with Crippen molar-refractivity contribution in [2.75, 3.05) is 13.1 Å². The molecule has 0 saturated carbocycles. The molecule has 0 aliphatic heterocycles. The molecular formula is C14H17N3O3S. The molecule has 6 nitrogen and oxygen atoms in total. The summed E-state index contributed by atoms with van der Waals surface area (Å²) in [6.45, 7) is 2.96. The molecule has 7 heteroatoms. The molecule has 2 aromatic rings. The van der Waals surface area contributed by atoms with Gasteiger partial charge in [-0.3, -0.25) is 9.48 Å². The summed E-state index contributed by atoms with van der Waals surface area (Å²) in [6, 6.07) is 4.00. The van der Waals surface area contributed by atoms with Gasteiger partial charge in [0.1, 0.15) is 11.3 Å². The lowest BCUT2D eigenvalue weighted by molar-refractivity contribution is 0.0674. The number of nitrogens with zero attached hydrogens (tertiary/aromatic N) is 3. The number of hydrogen-bond acceptors (Lipinski definition) is 4. The van der Waals surface area contributed by atoms with E-state index in [-0.39, 0.29) is 17.2 Å². The molecule has 0 spiro atoms. The van der Waals surface area contributed by atoms with Crippen molar-refractivity contribution < 1.29 is 14.7 Å². The van der Waals surface area contributed by atoms with Gasteiger partial charge in [0.05, 0.1) is 6.20 Å². The Labute approximate surface area is 126 Å². The van der Waals surface area contributed by atoms with Crippen LogP contribution >= 0.6 is 11.3 Å². The van der Waals surface area contributed by atoms with Gasteiger partial charge in [0.15, 0.2) is 0 Å². The maximum absolute atomic E-state index is 12.5. The highest BCUT2D eigenvalue weighted by Gasteiger charge is 2.25. The van der Waals surface area contributed by atoms with E-state index in [2.05, 4.69) is 5.10 Å². The maximum Gasteiger partial charge on any atom is 0.339 e. The standard InChI is InChI=1S/C14H17N3O3S/c1-3-17(7-6-10-5-4-8-21-10)13(18)12-11(14(19)20)9-15-16(12)2/h4-5,8-9H,3,6-7H2,1-2H3,(H,19,20). The Balaban J connectivity index is 2.16. The number of aromatic nitrogens is 2. The smallest absolute Gasteiger partial charge is 0.339 e. The van der Waals surface area contributed by atoms with E-state index in [1.165, 1.54) is 15.8 Å². The summed E-state index contributed by atoms with van der Waals surface area (Å²) in [5, 5.41) is 15.0. The molecule has 0 aliphatic carbocycles. The Hall–Kier alpha value is -2.15. The molecule has 0 unspecified atom stereocenters. The monoisotopic (exact) mass is 307 g/mol. The minimum absolute atomic E-state index is 0.0583. The summed E-state index contributed by atoms with van der Waals surface area (Å²) in [6.07, 6.45) is 1.97. The summed E-state index contributed by atoms with van der Waals surface area (Å²) in [4.78, 5) is 26.6. The molecule has 1 N–H and O–H groups in total. The number of carbonyl (C=O) groups is 2. The summed E-state index contributed by atoms with van der Waals surface area (Å²) < 4.78 is 1.32. The fourth-order valence-electron chi connectivity index (χ4n) is 2.10. The molecule has 112 valence electrons. The Bertz CT molecular complexity index is 634. The van der Waals surface area contributed by atoms with Gasteiger partial charge in [-0.25, -0.2) is 4.79 Å². The molecule has 1 amide bonds. The Morgan fingerprint density at radius 1 is 1.48 bits per heavy atom. The number of aromatic carboxylic acids is 1. The minimum atomic E-state index is -1.14. The first-order chi connectivity index (χ1) is 10.0. The first kappa shape index (κ1) is 15.2. The van der Waals surface area contributed by atoms with Gasteiger partial charge in [-0.1, -0.05) is 6.07 Å². The summed E-state index contributed by atoms with van der Waals surface area (Å²) in [5.74, 6) is -1.44. The predicted octanol–water partition coefficient (Wildman–Crippen LogP) is 1.88. The van der Waals surface area contributed by atoms with Crippen LogP contribution in [0.5, 0.6) is 0 Å². The topological polar surface area (TPSA) is 75.4 Å². The van der Waals surface area contributed by atoms with Crippen molar-refractivity contribution >= 4 is 23.2 Å². The number of amides is 1. The van der Waals surface area contributed by atoms with Gasteiger partial charge in [0.25, 0.3) is 5.91 Å². The van der Waals surface area contributed by atoms with Crippen LogP contribution in [0.3, 0.4) is 0 Å². The van der Waals surface area contributed by atoms with E-state index in [1.807, 2.05) is 24.4 Å². The van der Waals surface area contributed by atoms with Crippen LogP contribution in [0, 0.1) is 0 Å². The van der Waals surface area contributed by atoms with Crippen molar-refractivity contribution in [3.8, 4) is 0 Å². The van der Waals surface area contributed by atoms with E-state index >= 15 is 0 Å². The third-order valence-corrected chi connectivity index (χ3v) is 4.19. The lowest BCUT2D eigenvalue weighted by Crippen LogP contribution is -2.34. The van der Waals surface area contributed by atoms with E-state index < -0.39 is 5.97 Å². The summed E-state index contributed by atoms with van der Waals surface area (Å²) in [5.41, 5.74) is 0.0626. The van der Waals surface area contributed by atoms with E-state index in [4.69, 9.17) is 5.11 Å². The van der Waals surface area contributed by atoms with Crippen LogP contribution in [0.4, 0.5) is 0 Å². The second-order valence-electron chi connectivity index (χ2n) is 4.55. The van der Waals surface area contributed by atoms with E-state index in [0.717, 1.165) is 6.42 Å². The molecular weight excluding hydrogens is 290 g/mol. The number of carboxylic acid groups (broad SMARTS) is 1. The highest BCUT2D eigenvalue weighted by atomic mass is 32.1. The van der Waals surface area contributed by atoms with Crippen LogP contribution < -0.4 is 0 Å². The molecule has 2 heterocycles. The van der Waals surface area contributed by atoms with Crippen molar-refractivity contribution in [2.24, 2.45) is 7.05 Å². The van der Waals surface area contributed by atoms with Gasteiger partial charge in [0, 0.05) is 25.0 Å². The second kappa shape index (κ2) is 6.53. The van der Waals surface area contributed by atoms with E-state index in [9.17, 15) is 9.59 Å². The van der Waals surface area contributed by atoms with Crippen LogP contribution in [0.25, 0.3) is 0 Å². The number of likely N-dealkylation sites (N-methyl/N-ethyl adjacent to an activating group) is 1. The highest BCUT2D eigenvalue weighted by molar-refractivity contribution is 7.09. The molecule has 0 aromatic carbocycles. The number of hydrogen-bond donors (Lipinski definition) is 1. The molecule has 0 saturated heterocycles. The fourth-order valence-corrected chi connectivity index (χ4v) is 2.80. The van der Waals surface area contributed by atoms with Crippen LogP contribution in [0.2, 0.25) is 0 Å². The van der Waals surface area contributed by atoms with E-state index in [1.54, 1.807) is 23.3 Å². The van der Waals surface area contributed by atoms with Crippen molar-refractivity contribution in [1.29, 1.82) is 0 Å². The average molecular weight is 307 g/mol. The zero-order valence-electron chi connectivity index (χ0n) is 11.9. The van der Waals surface area contributed by atoms with Crippen molar-refractivity contribution in [2.45, 2.75) is 13.3 Å². The first-order valence-corrected chi connectivity index (χ1v) is 7.49. The number of aryl methyl sites for hydroxylation is 1. The average Bonchev–Trinajstić information content (AvgIpc) is 3.08. The molecule has 2 aromatic heterocycles. The second-order valence-corrected chi connectivity index (χ2v) is 5.58. The zero-order valence-corrected chi connectivity index (χ0v) is 12.8. The van der Waals surface area contributed by atoms with Gasteiger partial charge >= 0.3 is 5.97 Å². The predicted molar refractivity (Wildman–Crippen MR) is 79.8 cm³/mol. The van der Waals surface area contributed by atoms with Crippen LogP contribution in [-0.2, 0) is 13.5 Å². The maximum atomic E-state index is 12.5. The van der Waals surface area contributed by atoms with Gasteiger partial charge in [0.2, 0.25) is 0 Å². The van der Waals surface area contributed by atoms with Gasteiger partial charge in [-0.05, 0) is 24.8 Å². The van der Waals surface area contributed by atoms with Gasteiger partial charge in [-0.15, -0.1) is 11.3 Å². The normalized spacial score (nSPS) is 10.6. The molecule has 0 atom stereocenters.